The van der Waals surface area contributed by atoms with Crippen LogP contribution in [0.5, 0.6) is 11.8 Å². The third-order valence-corrected chi connectivity index (χ3v) is 2.28. The average molecular weight is 234 g/mol. The zero-order chi connectivity index (χ0) is 12.4. The minimum absolute atomic E-state index is 0.437. The van der Waals surface area contributed by atoms with E-state index < -0.39 is 0 Å². The maximum atomic E-state index is 5.09. The molecule has 2 rings (SSSR count). The van der Waals surface area contributed by atoms with Crippen molar-refractivity contribution in [2.24, 2.45) is 0 Å². The Balaban J connectivity index is 2.54. The normalized spacial score (nSPS) is 10.4. The van der Waals surface area contributed by atoms with E-state index in [0.29, 0.717) is 17.7 Å². The number of aromatic nitrogens is 4. The predicted molar refractivity (Wildman–Crippen MR) is 61.7 cm³/mol. The summed E-state index contributed by atoms with van der Waals surface area (Å²) in [4.78, 5) is 8.46. The van der Waals surface area contributed by atoms with Gasteiger partial charge in [-0.1, -0.05) is 0 Å². The Kier molecular flexibility index (Phi) is 2.95. The van der Waals surface area contributed by atoms with Gasteiger partial charge in [0, 0.05) is 5.69 Å². The molecule has 90 valence electrons. The van der Waals surface area contributed by atoms with Gasteiger partial charge in [-0.25, -0.2) is 4.68 Å². The molecule has 2 aromatic heterocycles. The van der Waals surface area contributed by atoms with Crippen LogP contribution in [0.1, 0.15) is 11.4 Å². The molecule has 0 fully saturated rings. The highest BCUT2D eigenvalue weighted by atomic mass is 16.5. The second-order valence-corrected chi connectivity index (χ2v) is 3.59. The number of hydrogen-bond acceptors (Lipinski definition) is 5. The van der Waals surface area contributed by atoms with Gasteiger partial charge in [0.1, 0.15) is 0 Å². The highest BCUT2D eigenvalue weighted by molar-refractivity contribution is 5.28. The van der Waals surface area contributed by atoms with Crippen LogP contribution in [0.3, 0.4) is 0 Å². The summed E-state index contributed by atoms with van der Waals surface area (Å²) < 4.78 is 11.8. The van der Waals surface area contributed by atoms with Crippen molar-refractivity contribution < 1.29 is 9.47 Å². The van der Waals surface area contributed by atoms with Gasteiger partial charge in [-0.3, -0.25) is 0 Å². The van der Waals surface area contributed by atoms with Crippen molar-refractivity contribution in [3.8, 4) is 17.7 Å². The summed E-state index contributed by atoms with van der Waals surface area (Å²) in [7, 11) is 3.10. The lowest BCUT2D eigenvalue weighted by molar-refractivity contribution is 0.369. The van der Waals surface area contributed by atoms with E-state index in [0.717, 1.165) is 11.4 Å². The van der Waals surface area contributed by atoms with Crippen molar-refractivity contribution in [3.05, 3.63) is 23.5 Å². The second-order valence-electron chi connectivity index (χ2n) is 3.59. The fraction of sp³-hybridized carbons (Fsp3) is 0.364. The maximum absolute atomic E-state index is 5.09. The molecule has 0 aliphatic heterocycles. The Morgan fingerprint density at radius 3 is 2.00 bits per heavy atom. The minimum atomic E-state index is 0.437. The van der Waals surface area contributed by atoms with E-state index in [4.69, 9.17) is 9.47 Å². The van der Waals surface area contributed by atoms with Gasteiger partial charge in [0.2, 0.25) is 11.8 Å². The molecule has 6 nitrogen and oxygen atoms in total. The van der Waals surface area contributed by atoms with Gasteiger partial charge in [-0.15, -0.1) is 0 Å². The molecule has 0 aliphatic carbocycles. The predicted octanol–water partition coefficient (Wildman–Crippen LogP) is 1.30. The molecule has 0 saturated heterocycles. The summed E-state index contributed by atoms with van der Waals surface area (Å²) in [6, 6.07) is 3.57. The molecule has 0 aliphatic rings. The lowest BCUT2D eigenvalue weighted by Gasteiger charge is -2.07. The number of aryl methyl sites for hydroxylation is 2. The van der Waals surface area contributed by atoms with E-state index in [-0.39, 0.29) is 0 Å². The van der Waals surface area contributed by atoms with Gasteiger partial charge < -0.3 is 9.47 Å². The van der Waals surface area contributed by atoms with Crippen LogP contribution < -0.4 is 9.47 Å². The molecule has 0 N–H and O–H groups in total. The Hall–Kier alpha value is -2.11. The van der Waals surface area contributed by atoms with Gasteiger partial charge in [-0.05, 0) is 19.9 Å². The Bertz CT molecular complexity index is 514. The van der Waals surface area contributed by atoms with E-state index in [1.165, 1.54) is 0 Å². The van der Waals surface area contributed by atoms with E-state index in [1.807, 2.05) is 19.9 Å². The summed E-state index contributed by atoms with van der Waals surface area (Å²) in [6.45, 7) is 3.86. The first-order valence-electron chi connectivity index (χ1n) is 5.14. The van der Waals surface area contributed by atoms with Crippen LogP contribution in [-0.2, 0) is 0 Å². The molecule has 17 heavy (non-hydrogen) atoms. The van der Waals surface area contributed by atoms with Crippen LogP contribution in [-0.4, -0.2) is 34.0 Å². The zero-order valence-electron chi connectivity index (χ0n) is 10.3. The molecule has 0 saturated carbocycles. The minimum Gasteiger partial charge on any atom is -0.481 e. The van der Waals surface area contributed by atoms with Gasteiger partial charge >= 0.3 is 0 Å². The standard InChI is InChI=1S/C11H14N4O2/c1-7-5-8(2)15(14-7)11-12-9(16-3)6-10(13-11)17-4/h5-6H,1-4H3. The summed E-state index contributed by atoms with van der Waals surface area (Å²) >= 11 is 0. The van der Waals surface area contributed by atoms with Crippen LogP contribution in [0.2, 0.25) is 0 Å². The summed E-state index contributed by atoms with van der Waals surface area (Å²) in [5, 5.41) is 4.31. The molecule has 0 unspecified atom stereocenters. The molecule has 2 aromatic rings. The van der Waals surface area contributed by atoms with Crippen LogP contribution in [0, 0.1) is 13.8 Å². The smallest absolute Gasteiger partial charge is 0.257 e. The molecular formula is C11H14N4O2. The number of nitrogens with zero attached hydrogens (tertiary/aromatic N) is 4. The first-order valence-corrected chi connectivity index (χ1v) is 5.14. The number of ether oxygens (including phenoxy) is 2. The van der Waals surface area contributed by atoms with Gasteiger partial charge in [0.15, 0.2) is 0 Å². The lowest BCUT2D eigenvalue weighted by Crippen LogP contribution is -2.07. The number of methoxy groups -OCH3 is 2. The van der Waals surface area contributed by atoms with E-state index in [9.17, 15) is 0 Å². The van der Waals surface area contributed by atoms with Crippen molar-refractivity contribution in [1.29, 1.82) is 0 Å². The Morgan fingerprint density at radius 2 is 1.59 bits per heavy atom. The summed E-state index contributed by atoms with van der Waals surface area (Å²) in [5.41, 5.74) is 1.87. The van der Waals surface area contributed by atoms with Crippen molar-refractivity contribution in [2.45, 2.75) is 13.8 Å². The van der Waals surface area contributed by atoms with Gasteiger partial charge in [0.05, 0.1) is 26.0 Å². The van der Waals surface area contributed by atoms with Crippen molar-refractivity contribution in [1.82, 2.24) is 19.7 Å². The summed E-state index contributed by atoms with van der Waals surface area (Å²) in [6.07, 6.45) is 0. The molecule has 6 heteroatoms. The van der Waals surface area contributed by atoms with Crippen molar-refractivity contribution in [3.63, 3.8) is 0 Å². The molecular weight excluding hydrogens is 220 g/mol. The Morgan fingerprint density at radius 1 is 1.00 bits per heavy atom. The largest absolute Gasteiger partial charge is 0.481 e. The zero-order valence-corrected chi connectivity index (χ0v) is 10.3. The second kappa shape index (κ2) is 4.40. The van der Waals surface area contributed by atoms with Crippen molar-refractivity contribution >= 4 is 0 Å². The number of rotatable bonds is 3. The molecule has 0 radical (unpaired) electrons. The first-order chi connectivity index (χ1) is 8.13. The SMILES string of the molecule is COc1cc(OC)nc(-n2nc(C)cc2C)n1. The third kappa shape index (κ3) is 2.20. The molecule has 2 heterocycles. The molecule has 0 amide bonds. The number of hydrogen-bond donors (Lipinski definition) is 0. The first kappa shape index (κ1) is 11.4. The highest BCUT2D eigenvalue weighted by Crippen LogP contribution is 2.17. The topological polar surface area (TPSA) is 62.1 Å². The van der Waals surface area contributed by atoms with Crippen LogP contribution >= 0.6 is 0 Å². The quantitative estimate of drug-likeness (QED) is 0.801. The fourth-order valence-electron chi connectivity index (χ4n) is 1.53. The molecule has 0 spiro atoms. The average Bonchev–Trinajstić information content (AvgIpc) is 2.67. The van der Waals surface area contributed by atoms with Crippen molar-refractivity contribution in [2.75, 3.05) is 14.2 Å². The van der Waals surface area contributed by atoms with Gasteiger partial charge in [-0.2, -0.15) is 15.1 Å². The maximum Gasteiger partial charge on any atom is 0.257 e. The lowest BCUT2D eigenvalue weighted by atomic mass is 10.4. The third-order valence-electron chi connectivity index (χ3n) is 2.28. The molecule has 0 aromatic carbocycles. The van der Waals surface area contributed by atoms with E-state index in [2.05, 4.69) is 15.1 Å². The molecule has 0 atom stereocenters. The van der Waals surface area contributed by atoms with E-state index in [1.54, 1.807) is 25.0 Å². The monoisotopic (exact) mass is 234 g/mol. The summed E-state index contributed by atoms with van der Waals surface area (Å²) in [5.74, 6) is 1.32. The Labute approximate surface area is 99.2 Å². The fourth-order valence-corrected chi connectivity index (χ4v) is 1.53. The van der Waals surface area contributed by atoms with Crippen LogP contribution in [0.25, 0.3) is 5.95 Å². The van der Waals surface area contributed by atoms with E-state index >= 15 is 0 Å². The molecule has 0 bridgehead atoms. The van der Waals surface area contributed by atoms with Gasteiger partial charge in [0.25, 0.3) is 5.95 Å². The van der Waals surface area contributed by atoms with Crippen LogP contribution in [0.4, 0.5) is 0 Å². The highest BCUT2D eigenvalue weighted by Gasteiger charge is 2.10. The van der Waals surface area contributed by atoms with Crippen LogP contribution in [0.15, 0.2) is 12.1 Å².